The van der Waals surface area contributed by atoms with E-state index in [0.717, 1.165) is 9.86 Å². The third-order valence-electron chi connectivity index (χ3n) is 5.97. The van der Waals surface area contributed by atoms with E-state index in [2.05, 4.69) is 21.0 Å². The van der Waals surface area contributed by atoms with Crippen molar-refractivity contribution in [3.8, 4) is 17.3 Å². The second kappa shape index (κ2) is 10.1. The Morgan fingerprint density at radius 3 is 2.68 bits per heavy atom. The normalized spacial score (nSPS) is 11.5. The molecule has 8 heteroatoms. The molecule has 0 saturated carbocycles. The summed E-state index contributed by atoms with van der Waals surface area (Å²) in [6.45, 7) is 0.169. The van der Waals surface area contributed by atoms with E-state index in [4.69, 9.17) is 14.1 Å². The Hall–Kier alpha value is -4.56. The van der Waals surface area contributed by atoms with E-state index < -0.39 is 0 Å². The Morgan fingerprint density at radius 1 is 0.974 bits per heavy atom. The van der Waals surface area contributed by atoms with Crippen molar-refractivity contribution in [1.29, 1.82) is 0 Å². The molecule has 0 spiro atoms. The molecule has 0 N–H and O–H groups in total. The van der Waals surface area contributed by atoms with E-state index in [1.54, 1.807) is 36.4 Å². The van der Waals surface area contributed by atoms with Gasteiger partial charge in [0.1, 0.15) is 23.8 Å². The van der Waals surface area contributed by atoms with Gasteiger partial charge in [-0.25, -0.2) is 9.37 Å². The predicted molar refractivity (Wildman–Crippen MR) is 149 cm³/mol. The lowest BCUT2D eigenvalue weighted by Crippen LogP contribution is -2.20. The topological polar surface area (TPSA) is 69.6 Å². The number of rotatable bonds is 6. The standard InChI is InChI=1S/C30H19BrFN3O3/c31-22-12-13-26(37-18-19-6-5-8-23(32)14-19)21(15-22)17-33-35-29(28-16-20-7-1-4-11-27(20)38-28)34-25-10-3-2-9-24(25)30(35)36/h1-17H,18H2. The fourth-order valence-electron chi connectivity index (χ4n) is 4.14. The summed E-state index contributed by atoms with van der Waals surface area (Å²) in [6.07, 6.45) is 1.54. The first kappa shape index (κ1) is 23.8. The molecule has 186 valence electrons. The summed E-state index contributed by atoms with van der Waals surface area (Å²) >= 11 is 3.48. The van der Waals surface area contributed by atoms with Crippen molar-refractivity contribution in [3.63, 3.8) is 0 Å². The van der Waals surface area contributed by atoms with Crippen LogP contribution < -0.4 is 10.3 Å². The molecule has 0 aliphatic carbocycles. The average molecular weight is 568 g/mol. The van der Waals surface area contributed by atoms with Crippen LogP contribution in [0.5, 0.6) is 5.75 Å². The molecule has 0 saturated heterocycles. The molecule has 0 aliphatic rings. The largest absolute Gasteiger partial charge is 0.488 e. The number of aromatic nitrogens is 2. The molecule has 0 radical (unpaired) electrons. The first-order valence-electron chi connectivity index (χ1n) is 11.8. The summed E-state index contributed by atoms with van der Waals surface area (Å²) in [5, 5.41) is 5.86. The van der Waals surface area contributed by atoms with Crippen molar-refractivity contribution < 1.29 is 13.5 Å². The molecule has 6 nitrogen and oxygen atoms in total. The van der Waals surface area contributed by atoms with E-state index >= 15 is 0 Å². The molecule has 4 aromatic carbocycles. The second-order valence-corrected chi connectivity index (χ2v) is 9.48. The molecule has 6 aromatic rings. The molecule has 0 unspecified atom stereocenters. The number of ether oxygens (including phenoxy) is 1. The molecule has 0 fully saturated rings. The average Bonchev–Trinajstić information content (AvgIpc) is 3.36. The molecule has 0 atom stereocenters. The van der Waals surface area contributed by atoms with Crippen LogP contribution in [0.2, 0.25) is 0 Å². The van der Waals surface area contributed by atoms with Crippen LogP contribution in [0.1, 0.15) is 11.1 Å². The summed E-state index contributed by atoms with van der Waals surface area (Å²) < 4.78 is 27.6. The number of para-hydroxylation sites is 2. The smallest absolute Gasteiger partial charge is 0.282 e. The van der Waals surface area contributed by atoms with Crippen molar-refractivity contribution in [2.24, 2.45) is 5.10 Å². The zero-order chi connectivity index (χ0) is 26.1. The van der Waals surface area contributed by atoms with Crippen molar-refractivity contribution >= 4 is 44.0 Å². The third kappa shape index (κ3) is 4.73. The summed E-state index contributed by atoms with van der Waals surface area (Å²) in [6, 6.07) is 28.2. The Kier molecular flexibility index (Phi) is 6.31. The Bertz CT molecular complexity index is 1860. The van der Waals surface area contributed by atoms with Crippen LogP contribution in [-0.4, -0.2) is 15.9 Å². The van der Waals surface area contributed by atoms with Crippen LogP contribution in [-0.2, 0) is 6.61 Å². The summed E-state index contributed by atoms with van der Waals surface area (Å²) in [4.78, 5) is 18.3. The van der Waals surface area contributed by atoms with Gasteiger partial charge in [-0.15, -0.1) is 0 Å². The van der Waals surface area contributed by atoms with Gasteiger partial charge in [0.25, 0.3) is 5.56 Å². The summed E-state index contributed by atoms with van der Waals surface area (Å²) in [5.74, 6) is 0.889. The lowest BCUT2D eigenvalue weighted by molar-refractivity contribution is 0.305. The van der Waals surface area contributed by atoms with Gasteiger partial charge >= 0.3 is 0 Å². The van der Waals surface area contributed by atoms with Crippen LogP contribution >= 0.6 is 15.9 Å². The molecular formula is C30H19BrFN3O3. The predicted octanol–water partition coefficient (Wildman–Crippen LogP) is 7.17. The van der Waals surface area contributed by atoms with Gasteiger partial charge in [0, 0.05) is 15.4 Å². The fourth-order valence-corrected chi connectivity index (χ4v) is 4.52. The Labute approximate surface area is 224 Å². The highest BCUT2D eigenvalue weighted by Crippen LogP contribution is 2.28. The van der Waals surface area contributed by atoms with Gasteiger partial charge in [-0.05, 0) is 60.2 Å². The van der Waals surface area contributed by atoms with Gasteiger partial charge in [0.2, 0.25) is 5.82 Å². The van der Waals surface area contributed by atoms with Crippen molar-refractivity contribution in [1.82, 2.24) is 9.66 Å². The minimum absolute atomic E-state index is 0.169. The maximum Gasteiger partial charge on any atom is 0.282 e. The van der Waals surface area contributed by atoms with E-state index in [0.29, 0.717) is 39.1 Å². The molecule has 0 bridgehead atoms. The zero-order valence-electron chi connectivity index (χ0n) is 19.8. The maximum atomic E-state index is 13.6. The Morgan fingerprint density at radius 2 is 1.82 bits per heavy atom. The number of halogens is 2. The number of hydrogen-bond donors (Lipinski definition) is 0. The molecule has 0 aliphatic heterocycles. The zero-order valence-corrected chi connectivity index (χ0v) is 21.4. The van der Waals surface area contributed by atoms with Crippen LogP contribution in [0, 0.1) is 5.82 Å². The quantitative estimate of drug-likeness (QED) is 0.200. The first-order valence-corrected chi connectivity index (χ1v) is 12.6. The second-order valence-electron chi connectivity index (χ2n) is 8.56. The number of nitrogens with zero attached hydrogens (tertiary/aromatic N) is 3. The molecule has 38 heavy (non-hydrogen) atoms. The molecule has 2 aromatic heterocycles. The number of benzene rings is 4. The van der Waals surface area contributed by atoms with Crippen molar-refractivity contribution in [2.75, 3.05) is 0 Å². The lowest BCUT2D eigenvalue weighted by Gasteiger charge is -2.11. The van der Waals surface area contributed by atoms with Crippen LogP contribution in [0.15, 0.2) is 116 Å². The van der Waals surface area contributed by atoms with Gasteiger partial charge in [0.15, 0.2) is 5.76 Å². The van der Waals surface area contributed by atoms with Gasteiger partial charge in [-0.1, -0.05) is 58.4 Å². The van der Waals surface area contributed by atoms with Crippen LogP contribution in [0.4, 0.5) is 4.39 Å². The summed E-state index contributed by atoms with van der Waals surface area (Å²) in [5.41, 5.74) is 2.20. The SMILES string of the molecule is O=c1c2ccccc2nc(-c2cc3ccccc3o2)n1N=Cc1cc(Br)ccc1OCc1cccc(F)c1. The van der Waals surface area contributed by atoms with Crippen LogP contribution in [0.3, 0.4) is 0 Å². The van der Waals surface area contributed by atoms with Crippen molar-refractivity contribution in [2.45, 2.75) is 6.61 Å². The highest BCUT2D eigenvalue weighted by atomic mass is 79.9. The molecule has 6 rings (SSSR count). The van der Waals surface area contributed by atoms with E-state index in [9.17, 15) is 9.18 Å². The van der Waals surface area contributed by atoms with Gasteiger partial charge < -0.3 is 9.15 Å². The third-order valence-corrected chi connectivity index (χ3v) is 6.46. The molecular weight excluding hydrogens is 549 g/mol. The van der Waals surface area contributed by atoms with Gasteiger partial charge in [0.05, 0.1) is 17.1 Å². The minimum atomic E-state index is -0.334. The van der Waals surface area contributed by atoms with E-state index in [1.807, 2.05) is 48.5 Å². The monoisotopic (exact) mass is 567 g/mol. The maximum absolute atomic E-state index is 13.6. The highest BCUT2D eigenvalue weighted by Gasteiger charge is 2.16. The van der Waals surface area contributed by atoms with E-state index in [-0.39, 0.29) is 23.8 Å². The fraction of sp³-hybridized carbons (Fsp3) is 0.0333. The number of hydrogen-bond acceptors (Lipinski definition) is 5. The molecule has 0 amide bonds. The summed E-state index contributed by atoms with van der Waals surface area (Å²) in [7, 11) is 0. The first-order chi connectivity index (χ1) is 18.5. The van der Waals surface area contributed by atoms with Gasteiger partial charge in [-0.2, -0.15) is 9.78 Å². The molecule has 2 heterocycles. The lowest BCUT2D eigenvalue weighted by atomic mass is 10.2. The Balaban J connectivity index is 1.44. The van der Waals surface area contributed by atoms with Crippen LogP contribution in [0.25, 0.3) is 33.5 Å². The van der Waals surface area contributed by atoms with Gasteiger partial charge in [-0.3, -0.25) is 4.79 Å². The van der Waals surface area contributed by atoms with Crippen molar-refractivity contribution in [3.05, 3.63) is 129 Å². The minimum Gasteiger partial charge on any atom is -0.488 e. The number of furan rings is 1. The highest BCUT2D eigenvalue weighted by molar-refractivity contribution is 9.10. The number of fused-ring (bicyclic) bond motifs is 2. The van der Waals surface area contributed by atoms with E-state index in [1.165, 1.54) is 23.0 Å².